The Morgan fingerprint density at radius 3 is 1.96 bits per heavy atom. The Kier molecular flexibility index (Phi) is 5.54. The first kappa shape index (κ1) is 19.3. The summed E-state index contributed by atoms with van der Waals surface area (Å²) < 4.78 is 65.9. The molecule has 0 spiro atoms. The van der Waals surface area contributed by atoms with Crippen LogP contribution >= 0.6 is 0 Å². The number of hydrogen-bond donors (Lipinski definition) is 0. The molecule has 0 fully saturated rings. The van der Waals surface area contributed by atoms with Crippen molar-refractivity contribution >= 4 is 17.8 Å². The van der Waals surface area contributed by atoms with Gasteiger partial charge in [-0.1, -0.05) is 36.4 Å². The van der Waals surface area contributed by atoms with E-state index < -0.39 is 29.6 Å². The highest BCUT2D eigenvalue weighted by Crippen LogP contribution is 2.36. The third-order valence-electron chi connectivity index (χ3n) is 3.19. The van der Waals surface area contributed by atoms with Crippen molar-refractivity contribution in [3.63, 3.8) is 0 Å². The van der Waals surface area contributed by atoms with Crippen molar-refractivity contribution in [3.05, 3.63) is 71.8 Å². The van der Waals surface area contributed by atoms with Crippen LogP contribution < -0.4 is 4.74 Å². The molecule has 2 aromatic carbocycles. The summed E-state index contributed by atoms with van der Waals surface area (Å²) in [6.45, 7) is 0. The monoisotopic (exact) mass is 370 g/mol. The Labute approximate surface area is 144 Å². The van der Waals surface area contributed by atoms with Gasteiger partial charge in [0.05, 0.1) is 0 Å². The number of esters is 1. The third-order valence-corrected chi connectivity index (χ3v) is 3.19. The van der Waals surface area contributed by atoms with Crippen molar-refractivity contribution in [2.45, 2.75) is 12.1 Å². The standard InChI is InChI=1S/C18H11F5O3/c19-17(20,18(21,22)23)16(25)26-14-9-7-13(8-10-14)15(24)11-6-12-4-2-1-3-5-12/h1-11H/b11-6+. The molecule has 0 radical (unpaired) electrons. The molecule has 0 saturated carbocycles. The van der Waals surface area contributed by atoms with Gasteiger partial charge in [0.2, 0.25) is 0 Å². The van der Waals surface area contributed by atoms with E-state index >= 15 is 0 Å². The lowest BCUT2D eigenvalue weighted by Gasteiger charge is -2.17. The van der Waals surface area contributed by atoms with Crippen LogP contribution in [0.3, 0.4) is 0 Å². The van der Waals surface area contributed by atoms with Crippen molar-refractivity contribution in [1.82, 2.24) is 0 Å². The molecule has 2 aromatic rings. The molecule has 0 unspecified atom stereocenters. The molecule has 8 heteroatoms. The Balaban J connectivity index is 2.05. The Bertz CT molecular complexity index is 809. The summed E-state index contributed by atoms with van der Waals surface area (Å²) in [5.41, 5.74) is 0.917. The highest BCUT2D eigenvalue weighted by Gasteiger charge is 2.65. The van der Waals surface area contributed by atoms with E-state index in [0.717, 1.165) is 29.8 Å². The summed E-state index contributed by atoms with van der Waals surface area (Å²) in [7, 11) is 0. The van der Waals surface area contributed by atoms with E-state index in [2.05, 4.69) is 4.74 Å². The number of ether oxygens (including phenoxy) is 1. The average molecular weight is 370 g/mol. The molecule has 0 aliphatic rings. The van der Waals surface area contributed by atoms with Gasteiger partial charge in [-0.2, -0.15) is 22.0 Å². The Morgan fingerprint density at radius 1 is 0.846 bits per heavy atom. The molecule has 0 amide bonds. The molecule has 0 saturated heterocycles. The summed E-state index contributed by atoms with van der Waals surface area (Å²) in [5.74, 6) is -9.33. The van der Waals surface area contributed by atoms with Crippen molar-refractivity contribution in [1.29, 1.82) is 0 Å². The maximum Gasteiger partial charge on any atom is 0.465 e. The maximum atomic E-state index is 12.8. The average Bonchev–Trinajstić information content (AvgIpc) is 2.60. The molecule has 0 bridgehead atoms. The topological polar surface area (TPSA) is 43.4 Å². The first-order chi connectivity index (χ1) is 12.1. The second-order valence-electron chi connectivity index (χ2n) is 5.09. The number of halogens is 5. The van der Waals surface area contributed by atoms with Crippen LogP contribution in [0.2, 0.25) is 0 Å². The lowest BCUT2D eigenvalue weighted by molar-refractivity contribution is -0.276. The quantitative estimate of drug-likeness (QED) is 0.252. The fourth-order valence-electron chi connectivity index (χ4n) is 1.81. The third kappa shape index (κ3) is 4.53. The number of carbonyl (C=O) groups excluding carboxylic acids is 2. The minimum atomic E-state index is -6.05. The number of carbonyl (C=O) groups is 2. The molecule has 3 nitrogen and oxygen atoms in total. The second kappa shape index (κ2) is 7.47. The lowest BCUT2D eigenvalue weighted by Crippen LogP contribution is -2.46. The number of ketones is 1. The van der Waals surface area contributed by atoms with E-state index in [-0.39, 0.29) is 5.56 Å². The molecule has 0 aliphatic heterocycles. The van der Waals surface area contributed by atoms with E-state index in [9.17, 15) is 31.5 Å². The van der Waals surface area contributed by atoms with Gasteiger partial charge in [-0.05, 0) is 35.9 Å². The minimum absolute atomic E-state index is 0.138. The van der Waals surface area contributed by atoms with Crippen LogP contribution in [-0.2, 0) is 4.79 Å². The molecule has 0 N–H and O–H groups in total. The van der Waals surface area contributed by atoms with Gasteiger partial charge in [-0.25, -0.2) is 4.79 Å². The van der Waals surface area contributed by atoms with Gasteiger partial charge in [0, 0.05) is 5.56 Å². The first-order valence-corrected chi connectivity index (χ1v) is 7.15. The van der Waals surface area contributed by atoms with Gasteiger partial charge in [0.15, 0.2) is 5.78 Å². The van der Waals surface area contributed by atoms with Crippen LogP contribution in [0.1, 0.15) is 15.9 Å². The molecule has 26 heavy (non-hydrogen) atoms. The number of alkyl halides is 5. The summed E-state index contributed by atoms with van der Waals surface area (Å²) in [6.07, 6.45) is -3.23. The Hall–Kier alpha value is -3.03. The predicted octanol–water partition coefficient (Wildman–Crippen LogP) is 4.69. The van der Waals surface area contributed by atoms with Crippen molar-refractivity contribution < 1.29 is 36.3 Å². The van der Waals surface area contributed by atoms with Crippen LogP contribution in [0, 0.1) is 0 Å². The molecular weight excluding hydrogens is 359 g/mol. The molecule has 0 aliphatic carbocycles. The van der Waals surface area contributed by atoms with Gasteiger partial charge in [0.1, 0.15) is 5.75 Å². The summed E-state index contributed by atoms with van der Waals surface area (Å²) >= 11 is 0. The van der Waals surface area contributed by atoms with Crippen molar-refractivity contribution in [2.75, 3.05) is 0 Å². The smallest absolute Gasteiger partial charge is 0.422 e. The number of allylic oxidation sites excluding steroid dienone is 1. The van der Waals surface area contributed by atoms with Gasteiger partial charge in [-0.15, -0.1) is 0 Å². The SMILES string of the molecule is O=C(/C=C/c1ccccc1)c1ccc(OC(=O)C(F)(F)C(F)(F)F)cc1. The van der Waals surface area contributed by atoms with Crippen LogP contribution in [0.15, 0.2) is 60.7 Å². The van der Waals surface area contributed by atoms with Crippen LogP contribution in [0.25, 0.3) is 6.08 Å². The molecule has 136 valence electrons. The molecule has 0 heterocycles. The van der Waals surface area contributed by atoms with Crippen LogP contribution in [0.5, 0.6) is 5.75 Å². The maximum absolute atomic E-state index is 12.8. The zero-order valence-electron chi connectivity index (χ0n) is 13.0. The second-order valence-corrected chi connectivity index (χ2v) is 5.09. The molecular formula is C18H11F5O3. The van der Waals surface area contributed by atoms with E-state index in [1.54, 1.807) is 30.3 Å². The fraction of sp³-hybridized carbons (Fsp3) is 0.111. The number of benzene rings is 2. The van der Waals surface area contributed by atoms with Gasteiger partial charge < -0.3 is 4.74 Å². The lowest BCUT2D eigenvalue weighted by atomic mass is 10.1. The van der Waals surface area contributed by atoms with Gasteiger partial charge >= 0.3 is 18.1 Å². The highest BCUT2D eigenvalue weighted by molar-refractivity contribution is 6.06. The Morgan fingerprint density at radius 2 is 1.42 bits per heavy atom. The van der Waals surface area contributed by atoms with Crippen molar-refractivity contribution in [2.24, 2.45) is 0 Å². The van der Waals surface area contributed by atoms with E-state index in [1.807, 2.05) is 6.07 Å². The van der Waals surface area contributed by atoms with Crippen LogP contribution in [-0.4, -0.2) is 23.9 Å². The largest absolute Gasteiger partial charge is 0.465 e. The fourth-order valence-corrected chi connectivity index (χ4v) is 1.81. The zero-order valence-corrected chi connectivity index (χ0v) is 13.0. The van der Waals surface area contributed by atoms with Crippen LogP contribution in [0.4, 0.5) is 22.0 Å². The van der Waals surface area contributed by atoms with E-state index in [4.69, 9.17) is 0 Å². The van der Waals surface area contributed by atoms with Gasteiger partial charge in [-0.3, -0.25) is 4.79 Å². The minimum Gasteiger partial charge on any atom is -0.422 e. The molecule has 2 rings (SSSR count). The number of hydrogen-bond acceptors (Lipinski definition) is 3. The van der Waals surface area contributed by atoms with E-state index in [1.165, 1.54) is 6.08 Å². The predicted molar refractivity (Wildman–Crippen MR) is 82.9 cm³/mol. The highest BCUT2D eigenvalue weighted by atomic mass is 19.4. The summed E-state index contributed by atoms with van der Waals surface area (Å²) in [6, 6.07) is 13.1. The summed E-state index contributed by atoms with van der Waals surface area (Å²) in [4.78, 5) is 23.0. The van der Waals surface area contributed by atoms with Crippen molar-refractivity contribution in [3.8, 4) is 5.75 Å². The zero-order chi connectivity index (χ0) is 19.4. The number of rotatable bonds is 5. The molecule has 0 aromatic heterocycles. The molecule has 0 atom stereocenters. The van der Waals surface area contributed by atoms with E-state index in [0.29, 0.717) is 0 Å². The normalized spacial score (nSPS) is 12.2. The summed E-state index contributed by atoms with van der Waals surface area (Å²) in [5, 5.41) is 0. The van der Waals surface area contributed by atoms with Gasteiger partial charge in [0.25, 0.3) is 0 Å². The first-order valence-electron chi connectivity index (χ1n) is 7.15.